The normalized spacial score (nSPS) is 16.9. The summed E-state index contributed by atoms with van der Waals surface area (Å²) in [6.45, 7) is 6.25. The number of morpholine rings is 1. The molecule has 2 atom stereocenters. The maximum absolute atomic E-state index is 13.1. The van der Waals surface area contributed by atoms with Crippen molar-refractivity contribution in [1.82, 2.24) is 20.6 Å². The Bertz CT molecular complexity index is 1120. The molecule has 3 heterocycles. The summed E-state index contributed by atoms with van der Waals surface area (Å²) in [6.07, 6.45) is 0.436. The van der Waals surface area contributed by atoms with E-state index in [1.54, 1.807) is 31.3 Å². The summed E-state index contributed by atoms with van der Waals surface area (Å²) in [5, 5.41) is 6.95. The van der Waals surface area contributed by atoms with Gasteiger partial charge in [0.2, 0.25) is 0 Å². The van der Waals surface area contributed by atoms with Crippen molar-refractivity contribution in [1.29, 1.82) is 0 Å². The number of carbonyl (C=O) groups excluding carboxylic acids is 1. The Balaban J connectivity index is 1.52. The minimum Gasteiger partial charge on any atom is -0.491 e. The predicted octanol–water partition coefficient (Wildman–Crippen LogP) is 4.31. The van der Waals surface area contributed by atoms with E-state index in [0.29, 0.717) is 36.6 Å². The molecule has 0 radical (unpaired) electrons. The monoisotopic (exact) mass is 488 g/mol. The van der Waals surface area contributed by atoms with Crippen LogP contribution in [-0.4, -0.2) is 48.3 Å². The summed E-state index contributed by atoms with van der Waals surface area (Å²) in [5.41, 5.74) is 1.52. The number of benzene rings is 1. The van der Waals surface area contributed by atoms with Crippen LogP contribution in [0.25, 0.3) is 10.6 Å². The van der Waals surface area contributed by atoms with Gasteiger partial charge in [-0.15, -0.1) is 11.3 Å². The average molecular weight is 489 g/mol. The number of nitrogens with one attached hydrogen (secondary N) is 2. The molecule has 1 saturated heterocycles. The molecule has 1 aromatic carbocycles. The standard InChI is InChI=1S/C24H26F2N4O3S/c1-14-10-29-24(34-14)18-7-17(8-19(9-18)33-13-20-12-27-5-6-32-20)23(31)30-15(2)16-3-4-21(22(25)26)28-11-16/h3-4,7-11,15,20,22,27H,5-6,12-13H2,1-2H3,(H,30,31)/t15?,20-/m1/s1. The van der Waals surface area contributed by atoms with E-state index in [-0.39, 0.29) is 17.7 Å². The van der Waals surface area contributed by atoms with E-state index in [1.807, 2.05) is 13.0 Å². The second kappa shape index (κ2) is 11.0. The fourth-order valence-corrected chi connectivity index (χ4v) is 4.26. The van der Waals surface area contributed by atoms with Crippen LogP contribution in [0.1, 0.15) is 45.9 Å². The number of thiazole rings is 1. The number of carbonyl (C=O) groups is 1. The van der Waals surface area contributed by atoms with Gasteiger partial charge in [-0.25, -0.2) is 13.8 Å². The number of aromatic nitrogens is 2. The van der Waals surface area contributed by atoms with E-state index in [4.69, 9.17) is 9.47 Å². The number of aryl methyl sites for hydroxylation is 1. The Labute approximate surface area is 200 Å². The number of rotatable bonds is 8. The Kier molecular flexibility index (Phi) is 7.81. The maximum atomic E-state index is 13.1. The first-order valence-corrected chi connectivity index (χ1v) is 11.8. The first kappa shape index (κ1) is 24.2. The van der Waals surface area contributed by atoms with Gasteiger partial charge in [-0.2, -0.15) is 0 Å². The zero-order chi connectivity index (χ0) is 24.1. The van der Waals surface area contributed by atoms with Gasteiger partial charge < -0.3 is 20.1 Å². The Hall–Kier alpha value is -2.95. The van der Waals surface area contributed by atoms with Gasteiger partial charge in [-0.3, -0.25) is 9.78 Å². The van der Waals surface area contributed by atoms with Crippen molar-refractivity contribution in [3.63, 3.8) is 0 Å². The Morgan fingerprint density at radius 2 is 2.15 bits per heavy atom. The Morgan fingerprint density at radius 1 is 1.29 bits per heavy atom. The highest BCUT2D eigenvalue weighted by Crippen LogP contribution is 2.30. The topological polar surface area (TPSA) is 85.4 Å². The second-order valence-corrected chi connectivity index (χ2v) is 9.28. The molecule has 1 unspecified atom stereocenters. The first-order chi connectivity index (χ1) is 16.4. The molecule has 1 amide bonds. The molecule has 180 valence electrons. The summed E-state index contributed by atoms with van der Waals surface area (Å²) < 4.78 is 37.2. The van der Waals surface area contributed by atoms with Crippen LogP contribution in [0.15, 0.2) is 42.7 Å². The molecule has 10 heteroatoms. The highest BCUT2D eigenvalue weighted by molar-refractivity contribution is 7.14. The molecule has 7 nitrogen and oxygen atoms in total. The third-order valence-electron chi connectivity index (χ3n) is 5.36. The summed E-state index contributed by atoms with van der Waals surface area (Å²) >= 11 is 1.53. The second-order valence-electron chi connectivity index (χ2n) is 8.04. The minimum atomic E-state index is -2.63. The van der Waals surface area contributed by atoms with E-state index in [1.165, 1.54) is 23.6 Å². The maximum Gasteiger partial charge on any atom is 0.280 e. The number of ether oxygens (including phenoxy) is 2. The van der Waals surface area contributed by atoms with Gasteiger partial charge in [-0.1, -0.05) is 6.07 Å². The first-order valence-electron chi connectivity index (χ1n) is 11.0. The lowest BCUT2D eigenvalue weighted by molar-refractivity contribution is 0.000195. The highest BCUT2D eigenvalue weighted by atomic mass is 32.1. The van der Waals surface area contributed by atoms with Crippen LogP contribution < -0.4 is 15.4 Å². The lowest BCUT2D eigenvalue weighted by Gasteiger charge is -2.23. The number of hydrogen-bond donors (Lipinski definition) is 2. The van der Waals surface area contributed by atoms with Gasteiger partial charge in [0, 0.05) is 41.5 Å². The number of amides is 1. The van der Waals surface area contributed by atoms with Gasteiger partial charge in [0.15, 0.2) is 0 Å². The Morgan fingerprint density at radius 3 is 2.79 bits per heavy atom. The third kappa shape index (κ3) is 6.13. The van der Waals surface area contributed by atoms with Crippen molar-refractivity contribution in [3.05, 3.63) is 64.4 Å². The molecule has 4 rings (SSSR count). The van der Waals surface area contributed by atoms with E-state index < -0.39 is 12.5 Å². The molecule has 2 aromatic heterocycles. The SMILES string of the molecule is Cc1cnc(-c2cc(OC[C@H]3CNCCO3)cc(C(=O)NC(C)c3ccc(C(F)F)nc3)c2)s1. The van der Waals surface area contributed by atoms with Crippen LogP contribution in [0.4, 0.5) is 8.78 Å². The van der Waals surface area contributed by atoms with Crippen molar-refractivity contribution in [3.8, 4) is 16.3 Å². The summed E-state index contributed by atoms with van der Waals surface area (Å²) in [6, 6.07) is 7.69. The van der Waals surface area contributed by atoms with Crippen LogP contribution >= 0.6 is 11.3 Å². The largest absolute Gasteiger partial charge is 0.491 e. The number of nitrogens with zero attached hydrogens (tertiary/aromatic N) is 2. The number of halogens is 2. The lowest BCUT2D eigenvalue weighted by atomic mass is 10.1. The summed E-state index contributed by atoms with van der Waals surface area (Å²) in [7, 11) is 0. The molecule has 0 spiro atoms. The average Bonchev–Trinajstić information content (AvgIpc) is 3.29. The molecular weight excluding hydrogens is 462 g/mol. The van der Waals surface area contributed by atoms with E-state index in [2.05, 4.69) is 20.6 Å². The predicted molar refractivity (Wildman–Crippen MR) is 125 cm³/mol. The number of pyridine rings is 1. The molecule has 1 aliphatic rings. The van der Waals surface area contributed by atoms with E-state index >= 15 is 0 Å². The summed E-state index contributed by atoms with van der Waals surface area (Å²) in [5.74, 6) is 0.223. The van der Waals surface area contributed by atoms with E-state index in [0.717, 1.165) is 22.0 Å². The van der Waals surface area contributed by atoms with Crippen LogP contribution in [-0.2, 0) is 4.74 Å². The fourth-order valence-electron chi connectivity index (χ4n) is 3.51. The van der Waals surface area contributed by atoms with Gasteiger partial charge in [-0.05, 0) is 43.7 Å². The molecule has 0 saturated carbocycles. The van der Waals surface area contributed by atoms with Crippen LogP contribution in [0.2, 0.25) is 0 Å². The van der Waals surface area contributed by atoms with Gasteiger partial charge in [0.25, 0.3) is 12.3 Å². The molecule has 0 bridgehead atoms. The zero-order valence-electron chi connectivity index (χ0n) is 18.9. The quantitative estimate of drug-likeness (QED) is 0.492. The lowest BCUT2D eigenvalue weighted by Crippen LogP contribution is -2.41. The molecule has 2 N–H and O–H groups in total. The van der Waals surface area contributed by atoms with Crippen molar-refractivity contribution in [2.24, 2.45) is 0 Å². The number of alkyl halides is 2. The van der Waals surface area contributed by atoms with Crippen molar-refractivity contribution >= 4 is 17.2 Å². The minimum absolute atomic E-state index is 0.0690. The van der Waals surface area contributed by atoms with Crippen LogP contribution in [0.5, 0.6) is 5.75 Å². The molecule has 0 aliphatic carbocycles. The van der Waals surface area contributed by atoms with E-state index in [9.17, 15) is 13.6 Å². The van der Waals surface area contributed by atoms with Crippen molar-refractivity contribution in [2.75, 3.05) is 26.3 Å². The third-order valence-corrected chi connectivity index (χ3v) is 6.32. The molecule has 3 aromatic rings. The smallest absolute Gasteiger partial charge is 0.280 e. The molecule has 1 aliphatic heterocycles. The van der Waals surface area contributed by atoms with Crippen LogP contribution in [0, 0.1) is 6.92 Å². The highest BCUT2D eigenvalue weighted by Gasteiger charge is 2.18. The van der Waals surface area contributed by atoms with Gasteiger partial charge in [0.1, 0.15) is 29.2 Å². The van der Waals surface area contributed by atoms with Gasteiger partial charge in [0.05, 0.1) is 12.6 Å². The molecule has 1 fully saturated rings. The summed E-state index contributed by atoms with van der Waals surface area (Å²) in [4.78, 5) is 22.4. The number of hydrogen-bond acceptors (Lipinski definition) is 7. The van der Waals surface area contributed by atoms with Gasteiger partial charge >= 0.3 is 0 Å². The van der Waals surface area contributed by atoms with Crippen molar-refractivity contribution in [2.45, 2.75) is 32.4 Å². The zero-order valence-corrected chi connectivity index (χ0v) is 19.7. The fraction of sp³-hybridized carbons (Fsp3) is 0.375. The molecular formula is C24H26F2N4O3S. The molecule has 34 heavy (non-hydrogen) atoms. The van der Waals surface area contributed by atoms with Crippen molar-refractivity contribution < 1.29 is 23.0 Å². The van der Waals surface area contributed by atoms with Crippen LogP contribution in [0.3, 0.4) is 0 Å².